The minimum atomic E-state index is -1.05. The summed E-state index contributed by atoms with van der Waals surface area (Å²) in [6.45, 7) is 9.19. The molecule has 0 unspecified atom stereocenters. The Morgan fingerprint density at radius 2 is 1.48 bits per heavy atom. The van der Waals surface area contributed by atoms with E-state index in [4.69, 9.17) is 4.74 Å². The molecular weight excluding hydrogens is 366 g/mol. The quantitative estimate of drug-likeness (QED) is 0.466. The SMILES string of the molecule is Cc1ccc(NC(=O)[C@@H]2C(=O)OC(C)(C)[C@@H]2[C@H](C)C(=O)c2ccc(C)cc2)cc1. The lowest BCUT2D eigenvalue weighted by Gasteiger charge is -2.31. The van der Waals surface area contributed by atoms with Crippen LogP contribution in [0.5, 0.6) is 0 Å². The van der Waals surface area contributed by atoms with E-state index in [1.807, 2.05) is 38.1 Å². The van der Waals surface area contributed by atoms with E-state index in [1.165, 1.54) is 0 Å². The topological polar surface area (TPSA) is 72.5 Å². The molecule has 0 saturated carbocycles. The molecule has 3 atom stereocenters. The Labute approximate surface area is 171 Å². The van der Waals surface area contributed by atoms with Crippen molar-refractivity contribution in [3.05, 3.63) is 65.2 Å². The number of benzene rings is 2. The van der Waals surface area contributed by atoms with Crippen LogP contribution in [0.1, 0.15) is 42.3 Å². The van der Waals surface area contributed by atoms with Crippen LogP contribution in [0, 0.1) is 31.6 Å². The van der Waals surface area contributed by atoms with Crippen molar-refractivity contribution in [2.75, 3.05) is 5.32 Å². The molecule has 1 N–H and O–H groups in total. The molecule has 0 aromatic heterocycles. The highest BCUT2D eigenvalue weighted by atomic mass is 16.6. The highest BCUT2D eigenvalue weighted by Gasteiger charge is 2.56. The van der Waals surface area contributed by atoms with Crippen LogP contribution >= 0.6 is 0 Å². The van der Waals surface area contributed by atoms with Crippen LogP contribution in [0.25, 0.3) is 0 Å². The van der Waals surface area contributed by atoms with Gasteiger partial charge in [-0.3, -0.25) is 14.4 Å². The standard InChI is InChI=1S/C24H27NO4/c1-14-6-10-17(11-7-14)21(26)16(3)20-19(23(28)29-24(20,4)5)22(27)25-18-12-8-15(2)9-13-18/h6-13,16,19-20H,1-5H3,(H,25,27)/t16-,19+,20+/m0/s1. The first kappa shape index (κ1) is 20.8. The minimum absolute atomic E-state index is 0.102. The normalized spacial score (nSPS) is 21.3. The summed E-state index contributed by atoms with van der Waals surface area (Å²) < 4.78 is 5.53. The molecule has 0 spiro atoms. The maximum atomic E-state index is 13.1. The molecule has 2 aromatic carbocycles. The van der Waals surface area contributed by atoms with Crippen LogP contribution in [0.3, 0.4) is 0 Å². The van der Waals surface area contributed by atoms with Gasteiger partial charge in [0, 0.05) is 23.1 Å². The van der Waals surface area contributed by atoms with E-state index < -0.39 is 35.2 Å². The van der Waals surface area contributed by atoms with Gasteiger partial charge in [0.1, 0.15) is 11.5 Å². The Hall–Kier alpha value is -2.95. The number of aryl methyl sites for hydroxylation is 2. The predicted molar refractivity (Wildman–Crippen MR) is 112 cm³/mol. The van der Waals surface area contributed by atoms with E-state index in [-0.39, 0.29) is 5.78 Å². The van der Waals surface area contributed by atoms with E-state index in [0.29, 0.717) is 11.3 Å². The average Bonchev–Trinajstić information content (AvgIpc) is 2.91. The second-order valence-electron chi connectivity index (χ2n) is 8.40. The van der Waals surface area contributed by atoms with Gasteiger partial charge < -0.3 is 10.1 Å². The number of ether oxygens (including phenoxy) is 1. The minimum Gasteiger partial charge on any atom is -0.459 e. The van der Waals surface area contributed by atoms with E-state index in [9.17, 15) is 14.4 Å². The number of hydrogen-bond acceptors (Lipinski definition) is 4. The molecule has 5 heteroatoms. The molecule has 0 bridgehead atoms. The number of anilines is 1. The third-order valence-electron chi connectivity index (χ3n) is 5.67. The number of cyclic esters (lactones) is 1. The van der Waals surface area contributed by atoms with Crippen molar-refractivity contribution in [3.63, 3.8) is 0 Å². The molecule has 1 saturated heterocycles. The Bertz CT molecular complexity index is 928. The van der Waals surface area contributed by atoms with E-state index in [2.05, 4.69) is 5.32 Å². The molecule has 1 aliphatic heterocycles. The van der Waals surface area contributed by atoms with Gasteiger partial charge in [-0.1, -0.05) is 54.4 Å². The number of Topliss-reactive ketones (excluding diaryl/α,β-unsaturated/α-hetero) is 1. The highest BCUT2D eigenvalue weighted by Crippen LogP contribution is 2.43. The van der Waals surface area contributed by atoms with E-state index in [0.717, 1.165) is 11.1 Å². The number of hydrogen-bond donors (Lipinski definition) is 1. The largest absolute Gasteiger partial charge is 0.459 e. The summed E-state index contributed by atoms with van der Waals surface area (Å²) in [5, 5.41) is 2.80. The van der Waals surface area contributed by atoms with Gasteiger partial charge in [0.25, 0.3) is 0 Å². The third-order valence-corrected chi connectivity index (χ3v) is 5.67. The molecule has 1 aliphatic rings. The van der Waals surface area contributed by atoms with Crippen molar-refractivity contribution in [1.29, 1.82) is 0 Å². The zero-order valence-electron chi connectivity index (χ0n) is 17.5. The first-order valence-electron chi connectivity index (χ1n) is 9.81. The predicted octanol–water partition coefficient (Wildman–Crippen LogP) is 4.33. The average molecular weight is 393 g/mol. The fourth-order valence-corrected chi connectivity index (χ4v) is 4.10. The fraction of sp³-hybridized carbons (Fsp3) is 0.375. The molecule has 152 valence electrons. The zero-order valence-corrected chi connectivity index (χ0v) is 17.5. The molecule has 29 heavy (non-hydrogen) atoms. The van der Waals surface area contributed by atoms with Gasteiger partial charge in [0.05, 0.1) is 0 Å². The number of amides is 1. The Kier molecular flexibility index (Phi) is 5.60. The zero-order chi connectivity index (χ0) is 21.3. The van der Waals surface area contributed by atoms with Gasteiger partial charge in [-0.25, -0.2) is 0 Å². The summed E-state index contributed by atoms with van der Waals surface area (Å²) in [7, 11) is 0. The fourth-order valence-electron chi connectivity index (χ4n) is 4.10. The molecule has 1 heterocycles. The second-order valence-corrected chi connectivity index (χ2v) is 8.40. The maximum absolute atomic E-state index is 13.1. The van der Waals surface area contributed by atoms with Crippen molar-refractivity contribution in [2.45, 2.75) is 40.2 Å². The van der Waals surface area contributed by atoms with Gasteiger partial charge in [-0.05, 0) is 39.8 Å². The van der Waals surface area contributed by atoms with E-state index >= 15 is 0 Å². The Morgan fingerprint density at radius 3 is 2.03 bits per heavy atom. The lowest BCUT2D eigenvalue weighted by atomic mass is 9.72. The molecule has 2 aromatic rings. The molecular formula is C24H27NO4. The van der Waals surface area contributed by atoms with Crippen molar-refractivity contribution in [1.82, 2.24) is 0 Å². The van der Waals surface area contributed by atoms with Crippen molar-refractivity contribution < 1.29 is 19.1 Å². The van der Waals surface area contributed by atoms with Crippen molar-refractivity contribution in [3.8, 4) is 0 Å². The highest BCUT2D eigenvalue weighted by molar-refractivity contribution is 6.07. The molecule has 3 rings (SSSR count). The molecule has 0 aliphatic carbocycles. The lowest BCUT2D eigenvalue weighted by Crippen LogP contribution is -2.42. The molecule has 1 fully saturated rings. The van der Waals surface area contributed by atoms with Gasteiger partial charge in [-0.15, -0.1) is 0 Å². The van der Waals surface area contributed by atoms with Crippen LogP contribution < -0.4 is 5.32 Å². The molecule has 1 amide bonds. The number of carbonyl (C=O) groups excluding carboxylic acids is 3. The Balaban J connectivity index is 1.87. The molecule has 0 radical (unpaired) electrons. The van der Waals surface area contributed by atoms with E-state index in [1.54, 1.807) is 45.0 Å². The smallest absolute Gasteiger partial charge is 0.319 e. The lowest BCUT2D eigenvalue weighted by molar-refractivity contribution is -0.150. The van der Waals surface area contributed by atoms with Gasteiger partial charge in [0.2, 0.25) is 5.91 Å². The van der Waals surface area contributed by atoms with Crippen LogP contribution in [0.4, 0.5) is 5.69 Å². The van der Waals surface area contributed by atoms with Crippen LogP contribution in [-0.4, -0.2) is 23.3 Å². The maximum Gasteiger partial charge on any atom is 0.319 e. The summed E-state index contributed by atoms with van der Waals surface area (Å²) in [4.78, 5) is 38.7. The first-order valence-corrected chi connectivity index (χ1v) is 9.81. The van der Waals surface area contributed by atoms with Gasteiger partial charge in [0.15, 0.2) is 5.78 Å². The van der Waals surface area contributed by atoms with Gasteiger partial charge >= 0.3 is 5.97 Å². The van der Waals surface area contributed by atoms with Gasteiger partial charge in [-0.2, -0.15) is 0 Å². The number of nitrogens with one attached hydrogen (secondary N) is 1. The third kappa shape index (κ3) is 4.24. The summed E-state index contributed by atoms with van der Waals surface area (Å²) in [5.74, 6) is -3.32. The number of carbonyl (C=O) groups is 3. The monoisotopic (exact) mass is 393 g/mol. The summed E-state index contributed by atoms with van der Waals surface area (Å²) in [6.07, 6.45) is 0. The number of esters is 1. The molecule has 5 nitrogen and oxygen atoms in total. The first-order chi connectivity index (χ1) is 13.6. The summed E-state index contributed by atoms with van der Waals surface area (Å²) in [6, 6.07) is 14.6. The van der Waals surface area contributed by atoms with Crippen LogP contribution in [-0.2, 0) is 14.3 Å². The van der Waals surface area contributed by atoms with Crippen molar-refractivity contribution >= 4 is 23.3 Å². The van der Waals surface area contributed by atoms with Crippen molar-refractivity contribution in [2.24, 2.45) is 17.8 Å². The summed E-state index contributed by atoms with van der Waals surface area (Å²) in [5.41, 5.74) is 2.38. The second kappa shape index (κ2) is 7.82. The Morgan fingerprint density at radius 1 is 0.966 bits per heavy atom. The number of ketones is 1. The number of rotatable bonds is 5. The van der Waals surface area contributed by atoms with Crippen LogP contribution in [0.2, 0.25) is 0 Å². The van der Waals surface area contributed by atoms with Crippen LogP contribution in [0.15, 0.2) is 48.5 Å². The summed E-state index contributed by atoms with van der Waals surface area (Å²) >= 11 is 0.